The Morgan fingerprint density at radius 3 is 0.672 bits per heavy atom. The zero-order valence-electron chi connectivity index (χ0n) is 64.4. The van der Waals surface area contributed by atoms with Gasteiger partial charge in [0.25, 0.3) is 7.47 Å². The predicted molar refractivity (Wildman–Crippen MR) is 419 cm³/mol. The van der Waals surface area contributed by atoms with E-state index in [1.54, 1.807) is 41.5 Å². The van der Waals surface area contributed by atoms with E-state index in [4.69, 9.17) is 178 Å². The first-order valence-electron chi connectivity index (χ1n) is 34.8. The first kappa shape index (κ1) is 121. The summed E-state index contributed by atoms with van der Waals surface area (Å²) in [5, 5.41) is 67.7. The second-order valence-corrected chi connectivity index (χ2v) is 44.2. The van der Waals surface area contributed by atoms with Crippen LogP contribution in [0, 0.1) is 35.5 Å². The number of methoxy groups -OCH3 is 1. The number of aliphatic hydroxyl groups is 7. The number of ether oxygens (including phenoxy) is 8. The molecule has 684 valence electrons. The Kier molecular flexibility index (Phi) is 54.5. The molecule has 0 aromatic heterocycles. The van der Waals surface area contributed by atoms with Gasteiger partial charge in [0.05, 0.1) is 107 Å². The Morgan fingerprint density at radius 2 is 0.487 bits per heavy atom. The van der Waals surface area contributed by atoms with E-state index in [2.05, 4.69) is 50.6 Å². The Bertz CT molecular complexity index is 3150. The second kappa shape index (κ2) is 53.6. The maximum atomic E-state index is 11.5. The maximum Gasteiger partial charge on any atom is 0.476 e. The first-order valence-corrected chi connectivity index (χ1v) is 52.9. The van der Waals surface area contributed by atoms with Crippen LogP contribution in [0.25, 0.3) is 0 Å². The third-order valence-electron chi connectivity index (χ3n) is 17.7. The van der Waals surface area contributed by atoms with Crippen molar-refractivity contribution in [3.05, 3.63) is 0 Å². The number of rotatable bonds is 35. The van der Waals surface area contributed by atoms with E-state index >= 15 is 0 Å². The Morgan fingerprint density at radius 1 is 0.294 bits per heavy atom. The van der Waals surface area contributed by atoms with Gasteiger partial charge in [-0.2, -0.15) is 0 Å². The van der Waals surface area contributed by atoms with Gasteiger partial charge in [-0.25, -0.2) is 36.0 Å². The summed E-state index contributed by atoms with van der Waals surface area (Å²) >= 11 is 2.07. The number of phosphoric ester groups is 4. The van der Waals surface area contributed by atoms with Crippen molar-refractivity contribution in [2.45, 2.75) is 227 Å². The van der Waals surface area contributed by atoms with Crippen LogP contribution in [-0.2, 0) is 124 Å². The van der Waals surface area contributed by atoms with Crippen LogP contribution in [-0.4, -0.2) is 380 Å². The van der Waals surface area contributed by atoms with Gasteiger partial charge in [-0.15, -0.1) is 0 Å². The molecule has 7 heterocycles. The van der Waals surface area contributed by atoms with Gasteiger partial charge in [0.1, 0.15) is 59.3 Å². The van der Waals surface area contributed by atoms with E-state index in [-0.39, 0.29) is 134 Å². The summed E-state index contributed by atoms with van der Waals surface area (Å²) in [7, 11) is 4.55. The number of hydrogen-bond acceptors (Lipinski definition) is 35. The van der Waals surface area contributed by atoms with Crippen molar-refractivity contribution < 1.29 is 233 Å². The van der Waals surface area contributed by atoms with Crippen molar-refractivity contribution in [2.24, 2.45) is 35.5 Å². The average Bonchev–Trinajstić information content (AvgIpc) is 1.75. The van der Waals surface area contributed by atoms with Gasteiger partial charge in [-0.05, 0) is 12.8 Å². The van der Waals surface area contributed by atoms with Gasteiger partial charge in [-0.3, -0.25) is 27.2 Å². The Labute approximate surface area is 705 Å². The van der Waals surface area contributed by atoms with Gasteiger partial charge in [0.15, 0.2) is 0 Å². The van der Waals surface area contributed by atoms with E-state index in [1.807, 2.05) is 0 Å². The van der Waals surface area contributed by atoms with Gasteiger partial charge in [-0.1, -0.05) is 42.0 Å². The van der Waals surface area contributed by atoms with Crippen LogP contribution in [0.5, 0.6) is 0 Å². The average molecular weight is 1980 g/mol. The van der Waals surface area contributed by atoms with E-state index in [0.717, 1.165) is 6.66 Å². The van der Waals surface area contributed by atoms with Crippen LogP contribution < -0.4 is 0 Å². The van der Waals surface area contributed by atoms with Crippen molar-refractivity contribution in [1.29, 1.82) is 0 Å². The monoisotopic (exact) mass is 1980 g/mol. The summed E-state index contributed by atoms with van der Waals surface area (Å²) in [6.07, 6.45) is -12.6. The van der Waals surface area contributed by atoms with Crippen molar-refractivity contribution in [3.8, 4) is 0 Å². The van der Waals surface area contributed by atoms with Crippen LogP contribution in [0.1, 0.15) is 93.9 Å². The standard InChI is InChI=1S/C8H17BO8P2.C7H14B2O8P2.C7H15BO8P2Se.C7H14BO7P.3C7H14BO6P.CH4/c1-5-7(10)6(16-8(5)9)3-4-15-18(2,11)17-19(12,13)14;1-4-6(10)5(16-7(4)8)2-3-15-18(9,11)17-19(12,13)14;1-4-6(9)5(15-7(4)8)2-3-14-18(13,19)16-17(10,11)12;1-13-6-5(9)4(15-7(6)8)2-3-14-16(10,11)12;3*1-4-6(9)5(14-7(4)8)2-3-13-15(10,11)12;/h5-8,10H,3-4H2,1-2H3,(H2,12,13,14);4-7,10H,2-3H2,1H3,(H2,12,13,14);4-7,9H,2-3H2,1H3,(H,13,19)(H2,10,11,12);4-7,9H,2-3H2,1H3,(H2,10,11,12);3*4-7,9H,2-3H2,1H3,(H2,10,11,12);1H4/t5-,6-,7+,8-,18?;2*4-,5-,6+,7-,18?;4-,5-,6-,7-;3*4-,5-,6+,7-;/m1111111./s1. The Balaban J connectivity index is 0.00000137. The topological polar surface area (TPSA) is 765 Å². The summed E-state index contributed by atoms with van der Waals surface area (Å²) in [5.74, 6) is -1.29. The van der Waals surface area contributed by atoms with Gasteiger partial charge < -0.3 is 132 Å². The maximum absolute atomic E-state index is 11.5. The zero-order valence-corrected chi connectivity index (χ0v) is 75.1. The quantitative estimate of drug-likeness (QED) is 0.0218. The van der Waals surface area contributed by atoms with Crippen LogP contribution in [0.3, 0.4) is 0 Å². The van der Waals surface area contributed by atoms with E-state index < -0.39 is 210 Å². The molecule has 7 aliphatic heterocycles. The van der Waals surface area contributed by atoms with Crippen LogP contribution in [0.15, 0.2) is 0 Å². The molecule has 119 heavy (non-hydrogen) atoms. The molecule has 16 radical (unpaired) electrons. The molecule has 7 rings (SSSR count). The van der Waals surface area contributed by atoms with Crippen molar-refractivity contribution in [3.63, 3.8) is 0 Å². The molecule has 7 aliphatic rings. The molecular weight excluding hydrogens is 1870 g/mol. The minimum Gasteiger partial charge on any atom is -0.390 e. The molecule has 68 heteroatoms. The van der Waals surface area contributed by atoms with Crippen LogP contribution in [0.2, 0.25) is 0 Å². The molecule has 0 saturated carbocycles. The summed E-state index contributed by atoms with van der Waals surface area (Å²) in [5.41, 5.74) is 0. The molecule has 31 atom stereocenters. The molecule has 0 aliphatic carbocycles. The SMILES string of the molecule is C.[B][C@@H]1O[C@H](CCOP(=O)(O)O)[C@@H](O)[C@H]1C.[B][C@@H]1O[C@H](CCOP(=O)(O)O)[C@@H](O)[C@H]1C.[B][C@@H]1O[C@H](CCOP(=O)(O)O)[C@@H](O)[C@H]1C.[B][C@@H]1O[C@H](CCOP(=O)(O)O)[C@@H](O)[C@H]1OC.[B][C@@H]1O[C@H](CCOP(C)(=O)OP(=O)(O)O)[C@@H](O)[C@H]1C.[B][C@@H]1O[C@H](CCOP(O)(=[Se])OP(=O)(O)O)[C@@H](O)[C@H]1C.[B][C@@H]1O[C@H](CCOP([B])(=O)OP(=O)(O)O)[C@@H](O)[C@H]1C. The van der Waals surface area contributed by atoms with Crippen molar-refractivity contribution in [1.82, 2.24) is 0 Å². The molecule has 3 unspecified atom stereocenters. The fourth-order valence-corrected chi connectivity index (χ4v) is 19.9. The third-order valence-corrected chi connectivity index (χ3v) is 28.8. The minimum atomic E-state index is -5.00. The molecule has 0 aromatic rings. The first-order chi connectivity index (χ1) is 53.3. The summed E-state index contributed by atoms with van der Waals surface area (Å²) in [6.45, 7) is 10.1. The molecule has 0 aromatic carbocycles. The second-order valence-electron chi connectivity index (χ2n) is 27.1. The third kappa shape index (κ3) is 49.8. The predicted octanol–water partition coefficient (Wildman–Crippen LogP) is -3.36. The molecule has 0 spiro atoms. The molecule has 7 saturated heterocycles. The Hall–Kier alpha value is 1.94. The van der Waals surface area contributed by atoms with Gasteiger partial charge >= 0.3 is 173 Å². The van der Waals surface area contributed by atoms with Gasteiger partial charge in [0, 0.05) is 105 Å². The summed E-state index contributed by atoms with van der Waals surface area (Å²) in [6, 6.07) is -4.15. The fourth-order valence-electron chi connectivity index (χ4n) is 11.0. The molecule has 22 N–H and O–H groups in total. The van der Waals surface area contributed by atoms with Gasteiger partial charge in [0.2, 0.25) is 7.57 Å². The normalized spacial score (nSPS) is 35.6. The van der Waals surface area contributed by atoms with Crippen molar-refractivity contribution in [2.75, 3.05) is 60.0 Å². The van der Waals surface area contributed by atoms with E-state index in [1.165, 1.54) is 7.11 Å². The largest absolute Gasteiger partial charge is 0.476 e. The van der Waals surface area contributed by atoms with Crippen molar-refractivity contribution >= 4 is 154 Å². The number of hydrogen-bond donors (Lipinski definition) is 22. The minimum absolute atomic E-state index is 0. The molecule has 7 fully saturated rings. The smallest absolute Gasteiger partial charge is 0.390 e. The zero-order chi connectivity index (χ0) is 91.8. The van der Waals surface area contributed by atoms with E-state index in [0.29, 0.717) is 0 Å². The number of aliphatic hydroxyl groups excluding tert-OH is 7. The van der Waals surface area contributed by atoms with E-state index in [9.17, 15) is 81.7 Å². The molecular formula is C51H106B8O49P10Se. The molecule has 0 bridgehead atoms. The molecule has 49 nitrogen and oxygen atoms in total. The summed E-state index contributed by atoms with van der Waals surface area (Å²) in [4.78, 5) is 128. The molecule has 0 amide bonds. The van der Waals surface area contributed by atoms with Crippen LogP contribution >= 0.6 is 76.0 Å². The summed E-state index contributed by atoms with van der Waals surface area (Å²) < 4.78 is 180. The fraction of sp³-hybridized carbons (Fsp3) is 1.00. The number of phosphoric acid groups is 7. The van der Waals surface area contributed by atoms with Crippen LogP contribution in [0.4, 0.5) is 0 Å².